The summed E-state index contributed by atoms with van der Waals surface area (Å²) in [5, 5.41) is 22.0. The number of nitrogens with zero attached hydrogens (tertiary/aromatic N) is 1. The Morgan fingerprint density at radius 2 is 1.64 bits per heavy atom. The van der Waals surface area contributed by atoms with E-state index in [1.165, 1.54) is 0 Å². The topological polar surface area (TPSA) is 99.4 Å². The third-order valence-electron chi connectivity index (χ3n) is 5.71. The maximum absolute atomic E-state index is 12.4. The number of rotatable bonds is 11. The van der Waals surface area contributed by atoms with Crippen LogP contribution in [0.4, 0.5) is 0 Å². The molecule has 0 heterocycles. The van der Waals surface area contributed by atoms with Gasteiger partial charge in [-0.05, 0) is 53.9 Å². The predicted molar refractivity (Wildman–Crippen MR) is 140 cm³/mol. The van der Waals surface area contributed by atoms with Crippen LogP contribution in [-0.2, 0) is 4.79 Å². The molecule has 0 unspecified atom stereocenters. The van der Waals surface area contributed by atoms with Gasteiger partial charge in [-0.2, -0.15) is 5.26 Å². The standard InChI is InChI=1S/C28H26Cl2N2O4/c1-2-3-24(18-4-6-20(7-5-18)28(35)32-15-14-26(33)34)27(19-8-11-22(29)12-9-19)36-25-16-23(30)13-10-21(25)17-31/h4-13,16,24,27H,2-3,14-15H2,1H3,(H,32,35)(H,33,34)/t24-,27+/m1/s1. The summed E-state index contributed by atoms with van der Waals surface area (Å²) in [5.41, 5.74) is 2.66. The molecule has 0 spiro atoms. The van der Waals surface area contributed by atoms with Gasteiger partial charge in [-0.25, -0.2) is 0 Å². The van der Waals surface area contributed by atoms with Gasteiger partial charge in [-0.1, -0.05) is 60.8 Å². The van der Waals surface area contributed by atoms with Crippen molar-refractivity contribution in [2.75, 3.05) is 6.54 Å². The Balaban J connectivity index is 1.95. The third kappa shape index (κ3) is 7.24. The maximum Gasteiger partial charge on any atom is 0.305 e. The highest BCUT2D eigenvalue weighted by molar-refractivity contribution is 6.31. The molecule has 3 aromatic carbocycles. The number of hydrogen-bond acceptors (Lipinski definition) is 4. The molecule has 8 heteroatoms. The first-order valence-corrected chi connectivity index (χ1v) is 12.3. The average molecular weight is 525 g/mol. The molecule has 0 bridgehead atoms. The van der Waals surface area contributed by atoms with Gasteiger partial charge in [-0.15, -0.1) is 0 Å². The third-order valence-corrected chi connectivity index (χ3v) is 6.19. The van der Waals surface area contributed by atoms with Gasteiger partial charge in [-0.3, -0.25) is 9.59 Å². The molecular weight excluding hydrogens is 499 g/mol. The zero-order valence-electron chi connectivity index (χ0n) is 19.7. The Kier molecular flexibility index (Phi) is 9.75. The van der Waals surface area contributed by atoms with Gasteiger partial charge >= 0.3 is 5.97 Å². The van der Waals surface area contributed by atoms with Crippen LogP contribution in [0.5, 0.6) is 5.75 Å². The van der Waals surface area contributed by atoms with Crippen LogP contribution in [0.1, 0.15) is 65.3 Å². The number of nitriles is 1. The molecule has 2 N–H and O–H groups in total. The molecule has 0 aliphatic heterocycles. The first kappa shape index (κ1) is 27.1. The first-order valence-electron chi connectivity index (χ1n) is 11.5. The lowest BCUT2D eigenvalue weighted by Gasteiger charge is -2.29. The second kappa shape index (κ2) is 13.0. The van der Waals surface area contributed by atoms with E-state index in [0.29, 0.717) is 26.9 Å². The van der Waals surface area contributed by atoms with Crippen molar-refractivity contribution in [3.8, 4) is 11.8 Å². The molecule has 0 saturated carbocycles. The van der Waals surface area contributed by atoms with Gasteiger partial charge in [0.15, 0.2) is 0 Å². The summed E-state index contributed by atoms with van der Waals surface area (Å²) in [6.07, 6.45) is 1.05. The van der Waals surface area contributed by atoms with Crippen molar-refractivity contribution in [3.05, 3.63) is 99.0 Å². The normalized spacial score (nSPS) is 12.3. The van der Waals surface area contributed by atoms with Crippen molar-refractivity contribution >= 4 is 35.1 Å². The largest absolute Gasteiger partial charge is 0.484 e. The lowest BCUT2D eigenvalue weighted by molar-refractivity contribution is -0.136. The smallest absolute Gasteiger partial charge is 0.305 e. The zero-order valence-corrected chi connectivity index (χ0v) is 21.2. The lowest BCUT2D eigenvalue weighted by Crippen LogP contribution is -2.26. The predicted octanol–water partition coefficient (Wildman–Crippen LogP) is 6.77. The van der Waals surface area contributed by atoms with Crippen LogP contribution in [0.25, 0.3) is 0 Å². The summed E-state index contributed by atoms with van der Waals surface area (Å²) in [5.74, 6) is -1.02. The number of nitrogens with one attached hydrogen (secondary N) is 1. The van der Waals surface area contributed by atoms with Gasteiger partial charge in [0.1, 0.15) is 17.9 Å². The summed E-state index contributed by atoms with van der Waals surface area (Å²) in [6, 6.07) is 21.6. The summed E-state index contributed by atoms with van der Waals surface area (Å²) < 4.78 is 6.48. The molecule has 0 aliphatic carbocycles. The maximum atomic E-state index is 12.4. The van der Waals surface area contributed by atoms with E-state index < -0.39 is 12.1 Å². The van der Waals surface area contributed by atoms with Gasteiger partial charge in [0.05, 0.1) is 12.0 Å². The number of amides is 1. The molecule has 3 aromatic rings. The number of hydrogen-bond donors (Lipinski definition) is 2. The fourth-order valence-electron chi connectivity index (χ4n) is 3.93. The van der Waals surface area contributed by atoms with Crippen molar-refractivity contribution in [1.82, 2.24) is 5.32 Å². The van der Waals surface area contributed by atoms with Crippen molar-refractivity contribution < 1.29 is 19.4 Å². The van der Waals surface area contributed by atoms with Crippen LogP contribution >= 0.6 is 23.2 Å². The average Bonchev–Trinajstić information content (AvgIpc) is 2.86. The van der Waals surface area contributed by atoms with E-state index in [1.807, 2.05) is 24.3 Å². The molecule has 0 aliphatic rings. The molecule has 2 atom stereocenters. The minimum atomic E-state index is -0.972. The van der Waals surface area contributed by atoms with E-state index in [-0.39, 0.29) is 24.8 Å². The second-order valence-electron chi connectivity index (χ2n) is 8.26. The highest BCUT2D eigenvalue weighted by atomic mass is 35.5. The zero-order chi connectivity index (χ0) is 26.1. The number of carbonyl (C=O) groups excluding carboxylic acids is 1. The van der Waals surface area contributed by atoms with Crippen molar-refractivity contribution in [3.63, 3.8) is 0 Å². The van der Waals surface area contributed by atoms with E-state index in [0.717, 1.165) is 24.0 Å². The molecule has 3 rings (SSSR count). The lowest BCUT2D eigenvalue weighted by atomic mass is 9.85. The fraction of sp³-hybridized carbons (Fsp3) is 0.250. The highest BCUT2D eigenvalue weighted by Gasteiger charge is 2.27. The molecule has 0 aromatic heterocycles. The van der Waals surface area contributed by atoms with Gasteiger partial charge in [0, 0.05) is 34.1 Å². The molecule has 0 fully saturated rings. The molecule has 36 heavy (non-hydrogen) atoms. The van der Waals surface area contributed by atoms with Gasteiger partial charge in [0.2, 0.25) is 0 Å². The highest BCUT2D eigenvalue weighted by Crippen LogP contribution is 2.40. The van der Waals surface area contributed by atoms with E-state index >= 15 is 0 Å². The summed E-state index contributed by atoms with van der Waals surface area (Å²) in [7, 11) is 0. The molecule has 0 radical (unpaired) electrons. The molecule has 6 nitrogen and oxygen atoms in total. The molecular formula is C28H26Cl2N2O4. The van der Waals surface area contributed by atoms with Crippen LogP contribution < -0.4 is 10.1 Å². The second-order valence-corrected chi connectivity index (χ2v) is 9.13. The Morgan fingerprint density at radius 1 is 1.00 bits per heavy atom. The van der Waals surface area contributed by atoms with Gasteiger partial charge < -0.3 is 15.2 Å². The number of carboxylic acid groups (broad SMARTS) is 1. The summed E-state index contributed by atoms with van der Waals surface area (Å²) >= 11 is 12.3. The van der Waals surface area contributed by atoms with Crippen LogP contribution in [0.2, 0.25) is 10.0 Å². The van der Waals surface area contributed by atoms with Crippen LogP contribution in [-0.4, -0.2) is 23.5 Å². The minimum absolute atomic E-state index is 0.0573. The van der Waals surface area contributed by atoms with Crippen LogP contribution in [0.15, 0.2) is 66.7 Å². The monoisotopic (exact) mass is 524 g/mol. The van der Waals surface area contributed by atoms with Crippen LogP contribution in [0, 0.1) is 11.3 Å². The Hall–Kier alpha value is -3.53. The van der Waals surface area contributed by atoms with E-state index in [4.69, 9.17) is 33.0 Å². The quantitative estimate of drug-likeness (QED) is 0.288. The number of aliphatic carboxylic acids is 1. The Bertz CT molecular complexity index is 1240. The number of ether oxygens (including phenoxy) is 1. The number of halogens is 2. The van der Waals surface area contributed by atoms with E-state index in [9.17, 15) is 14.9 Å². The Morgan fingerprint density at radius 3 is 2.25 bits per heavy atom. The number of benzene rings is 3. The van der Waals surface area contributed by atoms with E-state index in [2.05, 4.69) is 18.3 Å². The summed E-state index contributed by atoms with van der Waals surface area (Å²) in [4.78, 5) is 23.1. The molecule has 0 saturated heterocycles. The number of carbonyl (C=O) groups is 2. The fourth-order valence-corrected chi connectivity index (χ4v) is 4.22. The minimum Gasteiger partial charge on any atom is -0.484 e. The van der Waals surface area contributed by atoms with Gasteiger partial charge in [0.25, 0.3) is 5.91 Å². The molecule has 1 amide bonds. The van der Waals surface area contributed by atoms with E-state index in [1.54, 1.807) is 42.5 Å². The Labute approximate surface area is 220 Å². The summed E-state index contributed by atoms with van der Waals surface area (Å²) in [6.45, 7) is 2.14. The first-order chi connectivity index (χ1) is 17.3. The van der Waals surface area contributed by atoms with Crippen molar-refractivity contribution in [2.24, 2.45) is 0 Å². The SMILES string of the molecule is CCC[C@H](c1ccc(C(=O)NCCC(=O)O)cc1)[C@@H](Oc1cc(Cl)ccc1C#N)c1ccc(Cl)cc1. The molecule has 186 valence electrons. The van der Waals surface area contributed by atoms with Crippen molar-refractivity contribution in [2.45, 2.75) is 38.2 Å². The number of carboxylic acids is 1. The van der Waals surface area contributed by atoms with Crippen LogP contribution in [0.3, 0.4) is 0 Å². The van der Waals surface area contributed by atoms with Crippen molar-refractivity contribution in [1.29, 1.82) is 5.26 Å².